The fourth-order valence-corrected chi connectivity index (χ4v) is 8.69. The summed E-state index contributed by atoms with van der Waals surface area (Å²) < 4.78 is 11.9. The van der Waals surface area contributed by atoms with Crippen molar-refractivity contribution >= 4 is 11.7 Å². The van der Waals surface area contributed by atoms with Gasteiger partial charge in [-0.05, 0) is 43.4 Å². The number of hydrogen-bond acceptors (Lipinski definition) is 7. The first-order chi connectivity index (χ1) is 14.2. The van der Waals surface area contributed by atoms with Gasteiger partial charge in [-0.25, -0.2) is 4.99 Å². The minimum atomic E-state index is -1.11. The first kappa shape index (κ1) is 19.4. The zero-order valence-electron chi connectivity index (χ0n) is 17.7. The zero-order valence-corrected chi connectivity index (χ0v) is 17.7. The monoisotopic (exact) mass is 417 g/mol. The average Bonchev–Trinajstić information content (AvgIpc) is 3.39. The van der Waals surface area contributed by atoms with Crippen LogP contribution in [0.5, 0.6) is 0 Å². The van der Waals surface area contributed by atoms with Crippen LogP contribution in [0.3, 0.4) is 0 Å². The van der Waals surface area contributed by atoms with Gasteiger partial charge in [0.15, 0.2) is 17.2 Å². The molecule has 2 heterocycles. The summed E-state index contributed by atoms with van der Waals surface area (Å²) in [6, 6.07) is 0. The van der Waals surface area contributed by atoms with Gasteiger partial charge in [0.05, 0.1) is 12.2 Å². The Hall–Kier alpha value is -1.28. The van der Waals surface area contributed by atoms with E-state index in [-0.39, 0.29) is 47.3 Å². The average molecular weight is 418 g/mol. The number of carbonyl (C=O) groups is 1. The first-order valence-electron chi connectivity index (χ1n) is 11.3. The summed E-state index contributed by atoms with van der Waals surface area (Å²) >= 11 is 0. The van der Waals surface area contributed by atoms with Crippen molar-refractivity contribution in [2.45, 2.75) is 82.5 Å². The van der Waals surface area contributed by atoms with Crippen LogP contribution in [0.1, 0.15) is 46.5 Å². The summed E-state index contributed by atoms with van der Waals surface area (Å²) in [5, 5.41) is 31.7. The zero-order chi connectivity index (χ0) is 21.2. The Morgan fingerprint density at radius 3 is 2.83 bits per heavy atom. The van der Waals surface area contributed by atoms with Gasteiger partial charge >= 0.3 is 0 Å². The van der Waals surface area contributed by atoms with Crippen molar-refractivity contribution < 1.29 is 29.6 Å². The minimum Gasteiger partial charge on any atom is -0.475 e. The molecule has 2 aliphatic heterocycles. The molecule has 0 radical (unpaired) electrons. The second-order valence-electron chi connectivity index (χ2n) is 10.8. The van der Waals surface area contributed by atoms with Crippen molar-refractivity contribution in [3.63, 3.8) is 0 Å². The van der Waals surface area contributed by atoms with Crippen molar-refractivity contribution in [1.29, 1.82) is 0 Å². The molecule has 0 aromatic heterocycles. The van der Waals surface area contributed by atoms with Crippen LogP contribution in [-0.4, -0.2) is 69.7 Å². The predicted molar refractivity (Wildman–Crippen MR) is 107 cm³/mol. The third-order valence-electron chi connectivity index (χ3n) is 9.82. The standard InChI is InChI=1S/C23H31NO6/c1-10-24-23(16(28)9-25)17(29-10)7-13-12-5-4-11-6-14(26)19-20(30-19)22(11,3)18(12)15(27)8-21(13,23)2/h6,12-15,17-20,25-27H,4-5,7-9H2,1-3H3/t12?,13?,14-,15?,17-,18?,19-,20-,21+,22+,23-/m1/s1. The molecule has 6 rings (SSSR count). The Kier molecular flexibility index (Phi) is 3.71. The lowest BCUT2D eigenvalue weighted by atomic mass is 9.45. The molecule has 6 aliphatic rings. The van der Waals surface area contributed by atoms with E-state index in [9.17, 15) is 20.1 Å². The molecule has 3 saturated carbocycles. The quantitative estimate of drug-likeness (QED) is 0.456. The number of aliphatic imine (C=N–C) groups is 1. The number of rotatable bonds is 2. The highest BCUT2D eigenvalue weighted by Gasteiger charge is 2.76. The van der Waals surface area contributed by atoms with Gasteiger partial charge in [-0.1, -0.05) is 25.5 Å². The number of epoxide rings is 1. The highest BCUT2D eigenvalue weighted by molar-refractivity contribution is 5.96. The maximum Gasteiger partial charge on any atom is 0.190 e. The summed E-state index contributed by atoms with van der Waals surface area (Å²) in [5.74, 6) is 0.603. The summed E-state index contributed by atoms with van der Waals surface area (Å²) in [4.78, 5) is 17.8. The fraction of sp³-hybridized carbons (Fsp3) is 0.826. The van der Waals surface area contributed by atoms with Gasteiger partial charge in [0, 0.05) is 17.8 Å². The molecule has 1 saturated heterocycles. The molecule has 7 nitrogen and oxygen atoms in total. The topological polar surface area (TPSA) is 112 Å². The number of nitrogens with zero attached hydrogens (tertiary/aromatic N) is 1. The van der Waals surface area contributed by atoms with Gasteiger partial charge in [0.2, 0.25) is 0 Å². The van der Waals surface area contributed by atoms with E-state index in [2.05, 4.69) is 13.8 Å². The third kappa shape index (κ3) is 1.97. The van der Waals surface area contributed by atoms with Gasteiger partial charge in [0.1, 0.15) is 24.9 Å². The Bertz CT molecular complexity index is 885. The van der Waals surface area contributed by atoms with Crippen LogP contribution in [0, 0.1) is 28.6 Å². The van der Waals surface area contributed by atoms with Gasteiger partial charge in [-0.2, -0.15) is 0 Å². The van der Waals surface area contributed by atoms with Crippen LogP contribution in [0.4, 0.5) is 0 Å². The van der Waals surface area contributed by atoms with E-state index in [0.717, 1.165) is 12.8 Å². The lowest BCUT2D eigenvalue weighted by Gasteiger charge is -2.60. The summed E-state index contributed by atoms with van der Waals surface area (Å²) in [6.07, 6.45) is 3.15. The molecule has 30 heavy (non-hydrogen) atoms. The van der Waals surface area contributed by atoms with Gasteiger partial charge in [0.25, 0.3) is 0 Å². The molecular formula is C23H31NO6. The van der Waals surface area contributed by atoms with E-state index in [1.54, 1.807) is 6.92 Å². The number of fused-ring (bicyclic) bond motifs is 9. The molecule has 0 aromatic carbocycles. The molecule has 0 aromatic rings. The van der Waals surface area contributed by atoms with Crippen LogP contribution in [0.2, 0.25) is 0 Å². The van der Waals surface area contributed by atoms with E-state index < -0.39 is 29.8 Å². The molecular weight excluding hydrogens is 386 g/mol. The smallest absolute Gasteiger partial charge is 0.190 e. The maximum absolute atomic E-state index is 13.1. The Balaban J connectivity index is 1.45. The number of carbonyl (C=O) groups excluding carboxylic acids is 1. The fourth-order valence-electron chi connectivity index (χ4n) is 8.69. The van der Waals surface area contributed by atoms with Crippen molar-refractivity contribution in [1.82, 2.24) is 0 Å². The number of aliphatic hydroxyl groups is 3. The summed E-state index contributed by atoms with van der Waals surface area (Å²) in [6.45, 7) is 5.47. The molecule has 4 fully saturated rings. The van der Waals surface area contributed by atoms with Crippen LogP contribution in [0.15, 0.2) is 16.6 Å². The molecule has 0 amide bonds. The van der Waals surface area contributed by atoms with E-state index in [0.29, 0.717) is 18.7 Å². The van der Waals surface area contributed by atoms with Gasteiger partial charge in [-0.15, -0.1) is 0 Å². The lowest BCUT2D eigenvalue weighted by molar-refractivity contribution is -0.150. The molecule has 4 unspecified atom stereocenters. The molecule has 11 atom stereocenters. The second kappa shape index (κ2) is 5.74. The Morgan fingerprint density at radius 2 is 2.10 bits per heavy atom. The van der Waals surface area contributed by atoms with Crippen molar-refractivity contribution in [3.05, 3.63) is 11.6 Å². The van der Waals surface area contributed by atoms with Crippen LogP contribution >= 0.6 is 0 Å². The highest BCUT2D eigenvalue weighted by atomic mass is 16.6. The normalized spacial score (nSPS) is 57.7. The minimum absolute atomic E-state index is 0.0169. The van der Waals surface area contributed by atoms with E-state index in [1.807, 2.05) is 6.08 Å². The second-order valence-corrected chi connectivity index (χ2v) is 10.8. The molecule has 0 bridgehead atoms. The molecule has 3 N–H and O–H groups in total. The summed E-state index contributed by atoms with van der Waals surface area (Å²) in [5.41, 5.74) is -0.756. The molecule has 7 heteroatoms. The Morgan fingerprint density at radius 1 is 1.33 bits per heavy atom. The highest BCUT2D eigenvalue weighted by Crippen LogP contribution is 2.71. The van der Waals surface area contributed by atoms with Gasteiger partial charge < -0.3 is 24.8 Å². The van der Waals surface area contributed by atoms with E-state index in [4.69, 9.17) is 14.5 Å². The van der Waals surface area contributed by atoms with Crippen molar-refractivity contribution in [2.75, 3.05) is 6.61 Å². The largest absolute Gasteiger partial charge is 0.475 e. The van der Waals surface area contributed by atoms with Crippen LogP contribution < -0.4 is 0 Å². The molecule has 164 valence electrons. The predicted octanol–water partition coefficient (Wildman–Crippen LogP) is 0.995. The first-order valence-corrected chi connectivity index (χ1v) is 11.3. The van der Waals surface area contributed by atoms with Crippen molar-refractivity contribution in [3.8, 4) is 0 Å². The van der Waals surface area contributed by atoms with E-state index in [1.165, 1.54) is 5.57 Å². The van der Waals surface area contributed by atoms with Crippen LogP contribution in [-0.2, 0) is 14.3 Å². The number of ether oxygens (including phenoxy) is 2. The number of ketones is 1. The molecule has 0 spiro atoms. The van der Waals surface area contributed by atoms with E-state index >= 15 is 0 Å². The summed E-state index contributed by atoms with van der Waals surface area (Å²) in [7, 11) is 0. The molecule has 4 aliphatic carbocycles. The third-order valence-corrected chi connectivity index (χ3v) is 9.82. The van der Waals surface area contributed by atoms with Crippen LogP contribution in [0.25, 0.3) is 0 Å². The van der Waals surface area contributed by atoms with Crippen molar-refractivity contribution in [2.24, 2.45) is 33.6 Å². The SMILES string of the molecule is CC1=N[C@]2(C(=O)CO)[C@@H](CC3C4CCC5=C[C@@H](O)[C@H]6O[C@H]6[C@]5(C)C4C(O)C[C@@]32C)O1. The number of hydrogen-bond donors (Lipinski definition) is 3. The number of Topliss-reactive ketones (excluding diaryl/α,β-unsaturated/α-hetero) is 1. The van der Waals surface area contributed by atoms with Gasteiger partial charge in [-0.3, -0.25) is 4.79 Å². The Labute approximate surface area is 176 Å². The lowest BCUT2D eigenvalue weighted by Crippen LogP contribution is -2.63. The number of aliphatic hydroxyl groups excluding tert-OH is 3. The maximum atomic E-state index is 13.1.